The molecule has 0 saturated carbocycles. The summed E-state index contributed by atoms with van der Waals surface area (Å²) in [7, 11) is -2.94. The normalized spacial score (nSPS) is 12.9. The third kappa shape index (κ3) is 5.04. The molecule has 3 aromatic rings. The first-order valence-corrected chi connectivity index (χ1v) is 11.6. The fraction of sp³-hybridized carbons (Fsp3) is 0.500. The number of hydrogen-bond acceptors (Lipinski definition) is 7. The lowest BCUT2D eigenvalue weighted by Gasteiger charge is -2.20. The van der Waals surface area contributed by atoms with Crippen molar-refractivity contribution in [1.29, 1.82) is 0 Å². The second-order valence-electron chi connectivity index (χ2n) is 8.22. The number of nitrogens with two attached hydrogens (primary N) is 1. The van der Waals surface area contributed by atoms with E-state index in [0.29, 0.717) is 23.3 Å². The quantitative estimate of drug-likeness (QED) is 0.473. The summed E-state index contributed by atoms with van der Waals surface area (Å²) in [5.41, 5.74) is 8.15. The number of fused-ring (bicyclic) bond motifs is 3. The summed E-state index contributed by atoms with van der Waals surface area (Å²) in [5, 5.41) is 20.9. The van der Waals surface area contributed by atoms with Crippen molar-refractivity contribution in [3.05, 3.63) is 29.6 Å². The summed E-state index contributed by atoms with van der Waals surface area (Å²) in [4.78, 5) is 8.91. The average molecular weight is 421 g/mol. The van der Waals surface area contributed by atoms with Crippen LogP contribution in [0.25, 0.3) is 21.9 Å². The first kappa shape index (κ1) is 21.5. The van der Waals surface area contributed by atoms with Gasteiger partial charge in [0, 0.05) is 17.4 Å². The standard InChI is InChI=1S/C20H28N4O4S/c1-20(2,26)12-24-16(11-25)23-17-18(24)14-8-7-13(10-15(14)22-19(17)21)6-4-5-9-29(3,27)28/h7-8,10,25-26H,4-6,9,11-12H2,1-3H3,(H2,21,22). The molecule has 0 aliphatic heterocycles. The first-order valence-electron chi connectivity index (χ1n) is 9.57. The van der Waals surface area contributed by atoms with Crippen LogP contribution in [-0.2, 0) is 29.4 Å². The predicted molar refractivity (Wildman–Crippen MR) is 114 cm³/mol. The van der Waals surface area contributed by atoms with Gasteiger partial charge < -0.3 is 20.5 Å². The van der Waals surface area contributed by atoms with E-state index in [9.17, 15) is 18.6 Å². The fourth-order valence-corrected chi connectivity index (χ4v) is 4.26. The lowest BCUT2D eigenvalue weighted by Crippen LogP contribution is -2.27. The number of aryl methyl sites for hydroxylation is 1. The number of aliphatic hydroxyl groups excluding tert-OH is 1. The lowest BCUT2D eigenvalue weighted by molar-refractivity contribution is 0.0607. The van der Waals surface area contributed by atoms with E-state index < -0.39 is 15.4 Å². The van der Waals surface area contributed by atoms with Gasteiger partial charge in [-0.2, -0.15) is 0 Å². The minimum atomic E-state index is -2.94. The first-order chi connectivity index (χ1) is 13.5. The number of nitrogen functional groups attached to an aromatic ring is 1. The maximum Gasteiger partial charge on any atom is 0.152 e. The van der Waals surface area contributed by atoms with E-state index >= 15 is 0 Å². The molecule has 0 bridgehead atoms. The van der Waals surface area contributed by atoms with Crippen LogP contribution < -0.4 is 5.73 Å². The smallest absolute Gasteiger partial charge is 0.152 e. The maximum absolute atomic E-state index is 11.3. The highest BCUT2D eigenvalue weighted by Crippen LogP contribution is 2.30. The molecule has 1 aromatic carbocycles. The van der Waals surface area contributed by atoms with Gasteiger partial charge in [0.1, 0.15) is 27.8 Å². The number of nitrogens with zero attached hydrogens (tertiary/aromatic N) is 3. The van der Waals surface area contributed by atoms with Crippen LogP contribution in [0.1, 0.15) is 38.1 Å². The molecule has 2 heterocycles. The van der Waals surface area contributed by atoms with Crippen LogP contribution in [0, 0.1) is 0 Å². The van der Waals surface area contributed by atoms with Crippen molar-refractivity contribution in [2.24, 2.45) is 0 Å². The molecule has 0 amide bonds. The number of anilines is 1. The highest BCUT2D eigenvalue weighted by molar-refractivity contribution is 7.90. The molecule has 0 aliphatic carbocycles. The molecule has 9 heteroatoms. The van der Waals surface area contributed by atoms with Crippen LogP contribution in [-0.4, -0.2) is 50.8 Å². The van der Waals surface area contributed by atoms with E-state index in [2.05, 4.69) is 9.97 Å². The van der Waals surface area contributed by atoms with Crippen molar-refractivity contribution >= 4 is 37.6 Å². The van der Waals surface area contributed by atoms with Gasteiger partial charge in [0.2, 0.25) is 0 Å². The summed E-state index contributed by atoms with van der Waals surface area (Å²) in [6, 6.07) is 5.88. The van der Waals surface area contributed by atoms with E-state index in [-0.39, 0.29) is 24.7 Å². The Hall–Kier alpha value is -2.23. The third-order valence-electron chi connectivity index (χ3n) is 4.76. The van der Waals surface area contributed by atoms with Gasteiger partial charge >= 0.3 is 0 Å². The van der Waals surface area contributed by atoms with Gasteiger partial charge in [-0.3, -0.25) is 0 Å². The van der Waals surface area contributed by atoms with Gasteiger partial charge in [-0.25, -0.2) is 18.4 Å². The van der Waals surface area contributed by atoms with Gasteiger partial charge in [0.05, 0.1) is 23.2 Å². The van der Waals surface area contributed by atoms with Crippen LogP contribution in [0.15, 0.2) is 18.2 Å². The van der Waals surface area contributed by atoms with Crippen molar-refractivity contribution in [1.82, 2.24) is 14.5 Å². The van der Waals surface area contributed by atoms with Crippen LogP contribution in [0.4, 0.5) is 5.82 Å². The number of unbranched alkanes of at least 4 members (excludes halogenated alkanes) is 1. The van der Waals surface area contributed by atoms with E-state index in [4.69, 9.17) is 5.73 Å². The van der Waals surface area contributed by atoms with Gasteiger partial charge in [0.15, 0.2) is 5.82 Å². The van der Waals surface area contributed by atoms with Crippen LogP contribution in [0.3, 0.4) is 0 Å². The lowest BCUT2D eigenvalue weighted by atomic mass is 10.0. The van der Waals surface area contributed by atoms with Gasteiger partial charge in [-0.1, -0.05) is 12.1 Å². The summed E-state index contributed by atoms with van der Waals surface area (Å²) >= 11 is 0. The Kier molecular flexibility index (Phi) is 5.84. The topological polar surface area (TPSA) is 131 Å². The summed E-state index contributed by atoms with van der Waals surface area (Å²) in [6.45, 7) is 3.37. The Morgan fingerprint density at radius 1 is 1.21 bits per heavy atom. The predicted octanol–water partition coefficient (Wildman–Crippen LogP) is 1.80. The largest absolute Gasteiger partial charge is 0.389 e. The number of aromatic nitrogens is 3. The van der Waals surface area contributed by atoms with Gasteiger partial charge in [0.25, 0.3) is 0 Å². The van der Waals surface area contributed by atoms with E-state index in [0.717, 1.165) is 29.3 Å². The highest BCUT2D eigenvalue weighted by Gasteiger charge is 2.22. The SMILES string of the molecule is CC(C)(O)Cn1c(CO)nc2c(N)nc3cc(CCCCS(C)(=O)=O)ccc3c21. The Morgan fingerprint density at radius 2 is 1.93 bits per heavy atom. The number of pyridine rings is 1. The Labute approximate surface area is 170 Å². The molecular weight excluding hydrogens is 392 g/mol. The van der Waals surface area contributed by atoms with Crippen molar-refractivity contribution in [3.8, 4) is 0 Å². The minimum absolute atomic E-state index is 0.187. The molecule has 8 nitrogen and oxygen atoms in total. The zero-order chi connectivity index (χ0) is 21.4. The zero-order valence-corrected chi connectivity index (χ0v) is 17.8. The molecule has 0 fully saturated rings. The minimum Gasteiger partial charge on any atom is -0.389 e. The number of imidazole rings is 1. The molecule has 158 valence electrons. The second-order valence-corrected chi connectivity index (χ2v) is 10.5. The van der Waals surface area contributed by atoms with Gasteiger partial charge in [-0.15, -0.1) is 0 Å². The number of aliphatic hydroxyl groups is 2. The summed E-state index contributed by atoms with van der Waals surface area (Å²) in [5.74, 6) is 0.880. The molecule has 0 atom stereocenters. The molecule has 0 unspecified atom stereocenters. The number of rotatable bonds is 8. The average Bonchev–Trinajstić information content (AvgIpc) is 2.95. The molecule has 0 saturated heterocycles. The molecule has 29 heavy (non-hydrogen) atoms. The van der Waals surface area contributed by atoms with Gasteiger partial charge in [-0.05, 0) is 44.7 Å². The van der Waals surface area contributed by atoms with Crippen LogP contribution in [0.2, 0.25) is 0 Å². The number of hydrogen-bond donors (Lipinski definition) is 3. The van der Waals surface area contributed by atoms with E-state index in [1.807, 2.05) is 18.2 Å². The molecule has 0 spiro atoms. The van der Waals surface area contributed by atoms with Crippen molar-refractivity contribution < 1.29 is 18.6 Å². The molecule has 2 aromatic heterocycles. The van der Waals surface area contributed by atoms with Crippen molar-refractivity contribution in [3.63, 3.8) is 0 Å². The van der Waals surface area contributed by atoms with Crippen molar-refractivity contribution in [2.75, 3.05) is 17.7 Å². The summed E-state index contributed by atoms with van der Waals surface area (Å²) < 4.78 is 24.3. The third-order valence-corrected chi connectivity index (χ3v) is 5.79. The monoisotopic (exact) mass is 420 g/mol. The van der Waals surface area contributed by atoms with E-state index in [1.54, 1.807) is 18.4 Å². The highest BCUT2D eigenvalue weighted by atomic mass is 32.2. The zero-order valence-electron chi connectivity index (χ0n) is 17.0. The molecule has 3 rings (SSSR count). The number of sulfone groups is 1. The van der Waals surface area contributed by atoms with E-state index in [1.165, 1.54) is 6.26 Å². The molecule has 0 radical (unpaired) electrons. The second kappa shape index (κ2) is 7.89. The molecule has 0 aliphatic rings. The Bertz CT molecular complexity index is 1150. The number of benzene rings is 1. The molecule has 4 N–H and O–H groups in total. The Balaban J connectivity index is 2.01. The van der Waals surface area contributed by atoms with Crippen LogP contribution >= 0.6 is 0 Å². The van der Waals surface area contributed by atoms with Crippen LogP contribution in [0.5, 0.6) is 0 Å². The maximum atomic E-state index is 11.3. The molecular formula is C20H28N4O4S. The fourth-order valence-electron chi connectivity index (χ4n) is 3.53. The Morgan fingerprint density at radius 3 is 2.55 bits per heavy atom. The van der Waals surface area contributed by atoms with Crippen molar-refractivity contribution in [2.45, 2.75) is 51.9 Å². The summed E-state index contributed by atoms with van der Waals surface area (Å²) in [6.07, 6.45) is 3.37.